The highest BCUT2D eigenvalue weighted by Crippen LogP contribution is 2.16. The van der Waals surface area contributed by atoms with Crippen LogP contribution < -0.4 is 0 Å². The van der Waals surface area contributed by atoms with Gasteiger partial charge in [-0.3, -0.25) is 4.79 Å². The number of carbonyl (C=O) groups excluding carboxylic acids is 1. The quantitative estimate of drug-likeness (QED) is 0.760. The molecule has 1 amide bonds. The van der Waals surface area contributed by atoms with E-state index in [1.165, 1.54) is 0 Å². The lowest BCUT2D eigenvalue weighted by Gasteiger charge is -2.27. The Morgan fingerprint density at radius 1 is 1.56 bits per heavy atom. The highest BCUT2D eigenvalue weighted by atomic mass is 32.2. The van der Waals surface area contributed by atoms with E-state index in [4.69, 9.17) is 4.74 Å². The molecule has 0 saturated carbocycles. The van der Waals surface area contributed by atoms with E-state index in [0.29, 0.717) is 6.04 Å². The van der Waals surface area contributed by atoms with Crippen LogP contribution in [0, 0.1) is 0 Å². The van der Waals surface area contributed by atoms with E-state index in [9.17, 15) is 4.79 Å². The second-order valence-corrected chi connectivity index (χ2v) is 5.59. The lowest BCUT2D eigenvalue weighted by Crippen LogP contribution is -2.41. The molecule has 0 aromatic carbocycles. The van der Waals surface area contributed by atoms with E-state index in [0.717, 1.165) is 30.9 Å². The summed E-state index contributed by atoms with van der Waals surface area (Å²) in [6, 6.07) is 0.364. The van der Waals surface area contributed by atoms with Crippen LogP contribution in [0.3, 0.4) is 0 Å². The van der Waals surface area contributed by atoms with E-state index in [1.54, 1.807) is 0 Å². The van der Waals surface area contributed by atoms with Gasteiger partial charge >= 0.3 is 0 Å². The third kappa shape index (κ3) is 4.34. The van der Waals surface area contributed by atoms with Gasteiger partial charge in [-0.25, -0.2) is 0 Å². The van der Waals surface area contributed by atoms with Gasteiger partial charge in [-0.1, -0.05) is 6.92 Å². The normalized spacial score (nSPS) is 23.9. The molecule has 2 atom stereocenters. The van der Waals surface area contributed by atoms with Crippen molar-refractivity contribution < 1.29 is 9.53 Å². The predicted molar refractivity (Wildman–Crippen MR) is 68.8 cm³/mol. The molecule has 1 heterocycles. The maximum Gasteiger partial charge on any atom is 0.248 e. The average Bonchev–Trinajstić information content (AvgIpc) is 2.50. The van der Waals surface area contributed by atoms with Gasteiger partial charge in [-0.15, -0.1) is 0 Å². The Morgan fingerprint density at radius 2 is 2.31 bits per heavy atom. The fourth-order valence-electron chi connectivity index (χ4n) is 1.68. The molecule has 16 heavy (non-hydrogen) atoms. The largest absolute Gasteiger partial charge is 0.369 e. The summed E-state index contributed by atoms with van der Waals surface area (Å²) in [5, 5.41) is 0. The molecule has 1 aliphatic heterocycles. The number of rotatable bonds is 4. The zero-order valence-electron chi connectivity index (χ0n) is 10.6. The molecule has 1 saturated heterocycles. The van der Waals surface area contributed by atoms with Gasteiger partial charge in [0.05, 0.1) is 6.10 Å². The maximum atomic E-state index is 12.0. The minimum Gasteiger partial charge on any atom is -0.369 e. The van der Waals surface area contributed by atoms with E-state index >= 15 is 0 Å². The minimum absolute atomic E-state index is 0.148. The summed E-state index contributed by atoms with van der Waals surface area (Å²) >= 11 is 1.93. The van der Waals surface area contributed by atoms with E-state index in [2.05, 4.69) is 13.8 Å². The Hall–Kier alpha value is -0.220. The predicted octanol–water partition coefficient (Wildman–Crippen LogP) is 2.16. The Bertz CT molecular complexity index is 223. The Balaban J connectivity index is 2.38. The van der Waals surface area contributed by atoms with E-state index in [1.807, 2.05) is 23.6 Å². The van der Waals surface area contributed by atoms with Crippen LogP contribution >= 0.6 is 11.8 Å². The molecule has 1 rings (SSSR count). The highest BCUT2D eigenvalue weighted by molar-refractivity contribution is 7.99. The lowest BCUT2D eigenvalue weighted by molar-refractivity contribution is -0.139. The number of ether oxygens (including phenoxy) is 1. The molecule has 0 spiro atoms. The smallest absolute Gasteiger partial charge is 0.248 e. The van der Waals surface area contributed by atoms with Crippen LogP contribution in [0.25, 0.3) is 0 Å². The van der Waals surface area contributed by atoms with Crippen LogP contribution in [0.15, 0.2) is 0 Å². The molecule has 0 N–H and O–H groups in total. The van der Waals surface area contributed by atoms with Crippen LogP contribution in [0.1, 0.15) is 33.6 Å². The first kappa shape index (κ1) is 13.8. The molecule has 94 valence electrons. The second-order valence-electron chi connectivity index (χ2n) is 4.37. The van der Waals surface area contributed by atoms with Crippen molar-refractivity contribution in [2.24, 2.45) is 0 Å². The molecule has 3 nitrogen and oxygen atoms in total. The zero-order valence-corrected chi connectivity index (χ0v) is 11.4. The lowest BCUT2D eigenvalue weighted by atomic mass is 10.2. The van der Waals surface area contributed by atoms with Gasteiger partial charge in [0, 0.05) is 18.3 Å². The number of carbonyl (C=O) groups is 1. The first-order valence-corrected chi connectivity index (χ1v) is 7.29. The van der Waals surface area contributed by atoms with Gasteiger partial charge in [-0.05, 0) is 32.4 Å². The number of amides is 1. The molecule has 1 fully saturated rings. The van der Waals surface area contributed by atoms with Crippen molar-refractivity contribution in [2.75, 3.05) is 24.7 Å². The monoisotopic (exact) mass is 245 g/mol. The van der Waals surface area contributed by atoms with Crippen molar-refractivity contribution in [3.63, 3.8) is 0 Å². The number of thioether (sulfide) groups is 1. The second kappa shape index (κ2) is 7.17. The summed E-state index contributed by atoms with van der Waals surface area (Å²) in [5.74, 6) is 2.37. The van der Waals surface area contributed by atoms with E-state index < -0.39 is 0 Å². The van der Waals surface area contributed by atoms with E-state index in [-0.39, 0.29) is 18.6 Å². The molecular formula is C12H23NO2S. The van der Waals surface area contributed by atoms with Gasteiger partial charge < -0.3 is 9.64 Å². The Labute approximate surface area is 103 Å². The molecule has 0 radical (unpaired) electrons. The van der Waals surface area contributed by atoms with Crippen LogP contribution in [-0.2, 0) is 9.53 Å². The summed E-state index contributed by atoms with van der Waals surface area (Å²) in [4.78, 5) is 13.9. The van der Waals surface area contributed by atoms with Crippen LogP contribution in [0.2, 0.25) is 0 Å². The number of hydrogen-bond donors (Lipinski definition) is 0. The Morgan fingerprint density at radius 3 is 3.00 bits per heavy atom. The van der Waals surface area contributed by atoms with Crippen molar-refractivity contribution in [2.45, 2.75) is 45.8 Å². The van der Waals surface area contributed by atoms with Crippen molar-refractivity contribution >= 4 is 17.7 Å². The van der Waals surface area contributed by atoms with Crippen molar-refractivity contribution in [1.29, 1.82) is 0 Å². The summed E-state index contributed by atoms with van der Waals surface area (Å²) in [6.45, 7) is 7.32. The molecular weight excluding hydrogens is 222 g/mol. The topological polar surface area (TPSA) is 29.5 Å². The van der Waals surface area contributed by atoms with Crippen molar-refractivity contribution in [1.82, 2.24) is 4.90 Å². The fraction of sp³-hybridized carbons (Fsp3) is 0.917. The molecule has 1 aliphatic rings. The first-order chi connectivity index (χ1) is 7.65. The molecule has 4 heteroatoms. The SMILES string of the molecule is CCC(C)OCC(=O)N1CCSCCC1C. The van der Waals surface area contributed by atoms with Gasteiger partial charge in [0.2, 0.25) is 5.91 Å². The zero-order chi connectivity index (χ0) is 12.0. The standard InChI is InChI=1S/C12H23NO2S/c1-4-11(3)15-9-12(14)13-6-8-16-7-5-10(13)2/h10-11H,4-9H2,1-3H3. The Kier molecular flexibility index (Phi) is 6.21. The molecule has 0 bridgehead atoms. The van der Waals surface area contributed by atoms with Crippen LogP contribution in [0.5, 0.6) is 0 Å². The van der Waals surface area contributed by atoms with Gasteiger partial charge in [0.25, 0.3) is 0 Å². The van der Waals surface area contributed by atoms with Gasteiger partial charge in [0.15, 0.2) is 0 Å². The fourth-order valence-corrected chi connectivity index (χ4v) is 2.72. The summed E-state index contributed by atoms with van der Waals surface area (Å²) in [6.07, 6.45) is 2.24. The van der Waals surface area contributed by atoms with Crippen molar-refractivity contribution in [3.05, 3.63) is 0 Å². The van der Waals surface area contributed by atoms with Gasteiger partial charge in [0.1, 0.15) is 6.61 Å². The van der Waals surface area contributed by atoms with Crippen LogP contribution in [-0.4, -0.2) is 47.6 Å². The molecule has 0 aromatic rings. The summed E-state index contributed by atoms with van der Waals surface area (Å²) < 4.78 is 5.50. The number of hydrogen-bond acceptors (Lipinski definition) is 3. The van der Waals surface area contributed by atoms with Crippen LogP contribution in [0.4, 0.5) is 0 Å². The third-order valence-corrected chi connectivity index (χ3v) is 4.07. The summed E-state index contributed by atoms with van der Waals surface area (Å²) in [5.41, 5.74) is 0. The summed E-state index contributed by atoms with van der Waals surface area (Å²) in [7, 11) is 0. The minimum atomic E-state index is 0.148. The molecule has 0 aliphatic carbocycles. The first-order valence-electron chi connectivity index (χ1n) is 6.14. The van der Waals surface area contributed by atoms with Crippen molar-refractivity contribution in [3.8, 4) is 0 Å². The van der Waals surface area contributed by atoms with Gasteiger partial charge in [-0.2, -0.15) is 11.8 Å². The number of nitrogens with zero attached hydrogens (tertiary/aromatic N) is 1. The maximum absolute atomic E-state index is 12.0. The molecule has 0 aromatic heterocycles. The highest BCUT2D eigenvalue weighted by Gasteiger charge is 2.22. The molecule has 2 unspecified atom stereocenters. The average molecular weight is 245 g/mol. The third-order valence-electron chi connectivity index (χ3n) is 3.08.